The van der Waals surface area contributed by atoms with Crippen molar-refractivity contribution in [3.8, 4) is 0 Å². The summed E-state index contributed by atoms with van der Waals surface area (Å²) in [6.45, 7) is 6.03. The molecule has 1 aromatic carbocycles. The Balaban J connectivity index is 2.87. The van der Waals surface area contributed by atoms with Crippen LogP contribution in [0.3, 0.4) is 0 Å². The monoisotopic (exact) mass is 270 g/mol. The number of nitrogens with one attached hydrogen (secondary N) is 1. The first-order valence-corrected chi connectivity index (χ1v) is 7.56. The van der Waals surface area contributed by atoms with Crippen LogP contribution in [0.5, 0.6) is 0 Å². The van der Waals surface area contributed by atoms with Gasteiger partial charge in [-0.2, -0.15) is 0 Å². The summed E-state index contributed by atoms with van der Waals surface area (Å²) < 4.78 is 25.0. The highest BCUT2D eigenvalue weighted by atomic mass is 32.2. The molecular weight excluding hydrogens is 248 g/mol. The zero-order valence-corrected chi connectivity index (χ0v) is 12.3. The maximum Gasteiger partial charge on any atom is 0.242 e. The summed E-state index contributed by atoms with van der Waals surface area (Å²) in [4.78, 5) is 0.340. The Bertz CT molecular complexity index is 466. The van der Waals surface area contributed by atoms with Crippen molar-refractivity contribution in [2.24, 2.45) is 0 Å². The van der Waals surface area contributed by atoms with Crippen molar-refractivity contribution in [2.75, 3.05) is 27.2 Å². The third kappa shape index (κ3) is 3.54. The van der Waals surface area contributed by atoms with E-state index in [0.717, 1.165) is 18.7 Å². The second-order valence-electron chi connectivity index (χ2n) is 4.57. The predicted molar refractivity (Wildman–Crippen MR) is 74.3 cm³/mol. The summed E-state index contributed by atoms with van der Waals surface area (Å²) in [6.07, 6.45) is 0. The van der Waals surface area contributed by atoms with Crippen molar-refractivity contribution < 1.29 is 8.42 Å². The Labute approximate surface area is 110 Å². The van der Waals surface area contributed by atoms with Gasteiger partial charge in [0.1, 0.15) is 0 Å². The first-order chi connectivity index (χ1) is 8.39. The lowest BCUT2D eigenvalue weighted by Crippen LogP contribution is -2.22. The molecule has 5 heteroatoms. The third-order valence-electron chi connectivity index (χ3n) is 2.93. The highest BCUT2D eigenvalue weighted by molar-refractivity contribution is 7.89. The SMILES string of the molecule is CCNCC(C)c1ccc(S(=O)(=O)N(C)C)cc1. The van der Waals surface area contributed by atoms with E-state index >= 15 is 0 Å². The van der Waals surface area contributed by atoms with Gasteiger partial charge in [0, 0.05) is 20.6 Å². The van der Waals surface area contributed by atoms with Crippen LogP contribution in [0.15, 0.2) is 29.2 Å². The van der Waals surface area contributed by atoms with E-state index in [1.165, 1.54) is 18.4 Å². The standard InChI is InChI=1S/C13H22N2O2S/c1-5-14-10-11(2)12-6-8-13(9-7-12)18(16,17)15(3)4/h6-9,11,14H,5,10H2,1-4H3. The van der Waals surface area contributed by atoms with Gasteiger partial charge in [-0.1, -0.05) is 26.0 Å². The molecule has 1 atom stereocenters. The van der Waals surface area contributed by atoms with Gasteiger partial charge >= 0.3 is 0 Å². The molecule has 0 spiro atoms. The van der Waals surface area contributed by atoms with Crippen molar-refractivity contribution in [2.45, 2.75) is 24.7 Å². The first-order valence-electron chi connectivity index (χ1n) is 6.12. The summed E-state index contributed by atoms with van der Waals surface area (Å²) >= 11 is 0. The Hall–Kier alpha value is -0.910. The summed E-state index contributed by atoms with van der Waals surface area (Å²) in [6, 6.07) is 7.12. The molecule has 0 heterocycles. The molecule has 1 N–H and O–H groups in total. The minimum atomic E-state index is -3.32. The van der Waals surface area contributed by atoms with Crippen LogP contribution in [-0.2, 0) is 10.0 Å². The molecule has 0 aliphatic rings. The zero-order valence-electron chi connectivity index (χ0n) is 11.5. The van der Waals surface area contributed by atoms with Crippen LogP contribution >= 0.6 is 0 Å². The number of benzene rings is 1. The molecule has 0 bridgehead atoms. The average Bonchev–Trinajstić information content (AvgIpc) is 2.35. The molecule has 0 aliphatic heterocycles. The van der Waals surface area contributed by atoms with Gasteiger partial charge in [-0.25, -0.2) is 12.7 Å². The molecule has 102 valence electrons. The lowest BCUT2D eigenvalue weighted by Gasteiger charge is -2.14. The van der Waals surface area contributed by atoms with Crippen molar-refractivity contribution >= 4 is 10.0 Å². The zero-order chi connectivity index (χ0) is 13.8. The smallest absolute Gasteiger partial charge is 0.242 e. The largest absolute Gasteiger partial charge is 0.316 e. The Morgan fingerprint density at radius 2 is 1.78 bits per heavy atom. The molecule has 0 fully saturated rings. The van der Waals surface area contributed by atoms with E-state index in [4.69, 9.17) is 0 Å². The minimum absolute atomic E-state index is 0.340. The van der Waals surface area contributed by atoms with E-state index in [1.54, 1.807) is 12.1 Å². The molecule has 1 unspecified atom stereocenters. The molecule has 0 radical (unpaired) electrons. The quantitative estimate of drug-likeness (QED) is 0.855. The van der Waals surface area contributed by atoms with Gasteiger partial charge in [-0.15, -0.1) is 0 Å². The highest BCUT2D eigenvalue weighted by Gasteiger charge is 2.17. The van der Waals surface area contributed by atoms with E-state index in [0.29, 0.717) is 10.8 Å². The maximum atomic E-state index is 11.9. The highest BCUT2D eigenvalue weighted by Crippen LogP contribution is 2.19. The predicted octanol–water partition coefficient (Wildman–Crippen LogP) is 1.65. The molecule has 0 saturated heterocycles. The molecule has 0 aromatic heterocycles. The molecular formula is C13H22N2O2S. The first kappa shape index (κ1) is 15.1. The molecule has 0 aliphatic carbocycles. The van der Waals surface area contributed by atoms with Crippen molar-refractivity contribution in [3.05, 3.63) is 29.8 Å². The fourth-order valence-electron chi connectivity index (χ4n) is 1.66. The molecule has 0 amide bonds. The lowest BCUT2D eigenvalue weighted by atomic mass is 10.0. The number of hydrogen-bond donors (Lipinski definition) is 1. The summed E-state index contributed by atoms with van der Waals surface area (Å²) in [5.41, 5.74) is 1.15. The third-order valence-corrected chi connectivity index (χ3v) is 4.76. The fraction of sp³-hybridized carbons (Fsp3) is 0.538. The van der Waals surface area contributed by atoms with Crippen LogP contribution in [-0.4, -0.2) is 39.9 Å². The van der Waals surface area contributed by atoms with Gasteiger partial charge in [0.25, 0.3) is 0 Å². The molecule has 1 rings (SSSR count). The topological polar surface area (TPSA) is 49.4 Å². The van der Waals surface area contributed by atoms with Crippen molar-refractivity contribution in [1.82, 2.24) is 9.62 Å². The Kier molecular flexibility index (Phi) is 5.31. The van der Waals surface area contributed by atoms with Crippen molar-refractivity contribution in [3.63, 3.8) is 0 Å². The minimum Gasteiger partial charge on any atom is -0.316 e. The van der Waals surface area contributed by atoms with Gasteiger partial charge in [0.05, 0.1) is 4.90 Å². The summed E-state index contributed by atoms with van der Waals surface area (Å²) in [5, 5.41) is 3.28. The number of nitrogens with zero attached hydrogens (tertiary/aromatic N) is 1. The van der Waals surface area contributed by atoms with Crippen LogP contribution in [0.1, 0.15) is 25.3 Å². The molecule has 1 aromatic rings. The van der Waals surface area contributed by atoms with Gasteiger partial charge < -0.3 is 5.32 Å². The van der Waals surface area contributed by atoms with Crippen LogP contribution < -0.4 is 5.32 Å². The van der Waals surface area contributed by atoms with E-state index < -0.39 is 10.0 Å². The average molecular weight is 270 g/mol. The second-order valence-corrected chi connectivity index (χ2v) is 6.72. The fourth-order valence-corrected chi connectivity index (χ4v) is 2.56. The molecule has 4 nitrogen and oxygen atoms in total. The molecule has 18 heavy (non-hydrogen) atoms. The van der Waals surface area contributed by atoms with Gasteiger partial charge in [0.15, 0.2) is 0 Å². The van der Waals surface area contributed by atoms with Gasteiger partial charge in [-0.05, 0) is 30.2 Å². The van der Waals surface area contributed by atoms with E-state index in [1.807, 2.05) is 12.1 Å². The second kappa shape index (κ2) is 6.31. The Morgan fingerprint density at radius 1 is 1.22 bits per heavy atom. The van der Waals surface area contributed by atoms with Crippen LogP contribution in [0.25, 0.3) is 0 Å². The maximum absolute atomic E-state index is 11.9. The number of sulfonamides is 1. The number of hydrogen-bond acceptors (Lipinski definition) is 3. The number of likely N-dealkylation sites (N-methyl/N-ethyl adjacent to an activating group) is 1. The van der Waals surface area contributed by atoms with Gasteiger partial charge in [-0.3, -0.25) is 0 Å². The van der Waals surface area contributed by atoms with E-state index in [2.05, 4.69) is 19.2 Å². The summed E-state index contributed by atoms with van der Waals surface area (Å²) in [7, 11) is -0.241. The van der Waals surface area contributed by atoms with Crippen LogP contribution in [0.2, 0.25) is 0 Å². The van der Waals surface area contributed by atoms with E-state index in [9.17, 15) is 8.42 Å². The normalized spacial score (nSPS) is 13.8. The number of rotatable bonds is 6. The molecule has 0 saturated carbocycles. The van der Waals surface area contributed by atoms with Crippen molar-refractivity contribution in [1.29, 1.82) is 0 Å². The van der Waals surface area contributed by atoms with Gasteiger partial charge in [0.2, 0.25) is 10.0 Å². The summed E-state index contributed by atoms with van der Waals surface area (Å²) in [5.74, 6) is 0.376. The Morgan fingerprint density at radius 3 is 2.22 bits per heavy atom. The van der Waals surface area contributed by atoms with Crippen LogP contribution in [0, 0.1) is 0 Å². The van der Waals surface area contributed by atoms with E-state index in [-0.39, 0.29) is 0 Å². The lowest BCUT2D eigenvalue weighted by molar-refractivity contribution is 0.520. The van der Waals surface area contributed by atoms with Crippen LogP contribution in [0.4, 0.5) is 0 Å².